The zero-order valence-electron chi connectivity index (χ0n) is 22.8. The van der Waals surface area contributed by atoms with E-state index in [2.05, 4.69) is 33.9 Å². The molecule has 0 spiro atoms. The van der Waals surface area contributed by atoms with Crippen molar-refractivity contribution in [2.24, 2.45) is 5.92 Å². The maximum atomic E-state index is 13.3. The van der Waals surface area contributed by atoms with Gasteiger partial charge in [-0.1, -0.05) is 34.5 Å². The fourth-order valence-electron chi connectivity index (χ4n) is 6.20. The molecule has 13 heteroatoms. The molecule has 0 saturated carbocycles. The number of pyridine rings is 1. The van der Waals surface area contributed by atoms with Gasteiger partial charge in [-0.05, 0) is 51.7 Å². The van der Waals surface area contributed by atoms with Crippen molar-refractivity contribution in [2.75, 3.05) is 41.3 Å². The number of aromatic nitrogens is 2. The summed E-state index contributed by atoms with van der Waals surface area (Å²) in [5, 5.41) is 16.8. The molecule has 1 amide bonds. The summed E-state index contributed by atoms with van der Waals surface area (Å²) in [7, 11) is 0. The predicted octanol–water partition coefficient (Wildman–Crippen LogP) is 6.19. The molecule has 2 N–H and O–H groups in total. The number of nitrogens with zero attached hydrogens (tertiary/aromatic N) is 5. The van der Waals surface area contributed by atoms with Crippen LogP contribution in [-0.4, -0.2) is 76.2 Å². The molecule has 4 aliphatic heterocycles. The maximum Gasteiger partial charge on any atom is 0.306 e. The summed E-state index contributed by atoms with van der Waals surface area (Å²) in [6.07, 6.45) is 4.92. The van der Waals surface area contributed by atoms with Crippen molar-refractivity contribution in [2.45, 2.75) is 57.7 Å². The van der Waals surface area contributed by atoms with Crippen LogP contribution in [0.5, 0.6) is 0 Å². The monoisotopic (exact) mass is 634 g/mol. The maximum absolute atomic E-state index is 13.3. The molecule has 2 atom stereocenters. The first-order valence-electron chi connectivity index (χ1n) is 13.9. The number of rotatable bonds is 7. The van der Waals surface area contributed by atoms with Gasteiger partial charge in [-0.2, -0.15) is 0 Å². The molecule has 4 aliphatic rings. The lowest BCUT2D eigenvalue weighted by Gasteiger charge is -2.53. The normalized spacial score (nSPS) is 21.6. The molecule has 3 aromatic rings. The van der Waals surface area contributed by atoms with Gasteiger partial charge in [0, 0.05) is 55.9 Å². The van der Waals surface area contributed by atoms with Crippen molar-refractivity contribution in [3.05, 3.63) is 39.3 Å². The Morgan fingerprint density at radius 3 is 2.46 bits per heavy atom. The molecule has 2 bridgehead atoms. The topological polar surface area (TPSA) is 102 Å². The Morgan fingerprint density at radius 1 is 1.10 bits per heavy atom. The quantitative estimate of drug-likeness (QED) is 0.317. The smallest absolute Gasteiger partial charge is 0.306 e. The van der Waals surface area contributed by atoms with Gasteiger partial charge in [0.2, 0.25) is 0 Å². The first-order valence-corrected chi connectivity index (χ1v) is 16.4. The van der Waals surface area contributed by atoms with Crippen LogP contribution in [0.4, 0.5) is 16.0 Å². The Labute approximate surface area is 257 Å². The number of piperazine rings is 1. The van der Waals surface area contributed by atoms with Gasteiger partial charge in [0.05, 0.1) is 26.4 Å². The zero-order chi connectivity index (χ0) is 28.8. The number of carboxylic acids is 1. The number of thiophene rings is 1. The molecule has 0 aromatic carbocycles. The Hall–Kier alpha value is -2.44. The summed E-state index contributed by atoms with van der Waals surface area (Å²) in [4.78, 5) is 42.0. The van der Waals surface area contributed by atoms with E-state index in [-0.39, 0.29) is 11.8 Å². The minimum absolute atomic E-state index is 0.334. The number of aliphatic carboxylic acids is 1. The molecule has 218 valence electrons. The summed E-state index contributed by atoms with van der Waals surface area (Å²) in [5.74, 6) is -0.881. The number of hydrogen-bond acceptors (Lipinski definition) is 9. The van der Waals surface area contributed by atoms with Crippen LogP contribution in [0.2, 0.25) is 10.0 Å². The lowest BCUT2D eigenvalue weighted by Crippen LogP contribution is -2.64. The Bertz CT molecular complexity index is 1450. The van der Waals surface area contributed by atoms with Crippen LogP contribution in [0.25, 0.3) is 10.6 Å². The number of amides is 1. The minimum Gasteiger partial charge on any atom is -0.481 e. The standard InChI is InChI=1S/C28H32Cl2N6O3S2/c1-15(2)35-12-20-4-3-19(35)13-36(20)26-23(22-10-18(29)14-40-22)32-28(41-26)33-25(37)17-9-21(30)24(31-11-17)34-7-5-16(6-8-34)27(38)39/h9-11,14-16,19-20H,3-8,12-13H2,1-2H3,(H,38,39)(H,32,33,37). The second kappa shape index (κ2) is 11.7. The van der Waals surface area contributed by atoms with Crippen molar-refractivity contribution in [1.29, 1.82) is 0 Å². The van der Waals surface area contributed by atoms with Crippen LogP contribution >= 0.6 is 45.9 Å². The lowest BCUT2D eigenvalue weighted by molar-refractivity contribution is -0.142. The number of halogens is 2. The van der Waals surface area contributed by atoms with Crippen LogP contribution in [0, 0.1) is 5.92 Å². The SMILES string of the molecule is CC(C)N1CC2CCC1CN2c1sc(NC(=O)c2cnc(N3CCC(C(=O)O)CC3)c(Cl)c2)nc1-c1cc(Cl)cs1. The molecule has 0 radical (unpaired) electrons. The number of carboxylic acid groups (broad SMARTS) is 1. The van der Waals surface area contributed by atoms with E-state index in [9.17, 15) is 14.7 Å². The van der Waals surface area contributed by atoms with Gasteiger partial charge in [0.25, 0.3) is 5.91 Å². The highest BCUT2D eigenvalue weighted by Gasteiger charge is 2.41. The van der Waals surface area contributed by atoms with Gasteiger partial charge < -0.3 is 14.9 Å². The number of carbonyl (C=O) groups is 2. The molecule has 4 saturated heterocycles. The van der Waals surface area contributed by atoms with Crippen LogP contribution in [0.3, 0.4) is 0 Å². The number of hydrogen-bond donors (Lipinski definition) is 2. The van der Waals surface area contributed by atoms with Gasteiger partial charge in [0.15, 0.2) is 5.13 Å². The largest absolute Gasteiger partial charge is 0.481 e. The van der Waals surface area contributed by atoms with Gasteiger partial charge >= 0.3 is 5.97 Å². The number of thiazole rings is 1. The molecule has 0 aliphatic carbocycles. The van der Waals surface area contributed by atoms with E-state index in [1.807, 2.05) is 16.3 Å². The fraction of sp³-hybridized carbons (Fsp3) is 0.500. The summed E-state index contributed by atoms with van der Waals surface area (Å²) >= 11 is 15.9. The first kappa shape index (κ1) is 28.7. The van der Waals surface area contributed by atoms with Crippen molar-refractivity contribution in [3.63, 3.8) is 0 Å². The molecular formula is C28H32Cl2N6O3S2. The summed E-state index contributed by atoms with van der Waals surface area (Å²) < 4.78 is 0. The highest BCUT2D eigenvalue weighted by molar-refractivity contribution is 7.21. The number of anilines is 3. The molecule has 7 rings (SSSR count). The van der Waals surface area contributed by atoms with Gasteiger partial charge in [0.1, 0.15) is 16.5 Å². The minimum atomic E-state index is -0.767. The van der Waals surface area contributed by atoms with Crippen molar-refractivity contribution in [3.8, 4) is 10.6 Å². The highest BCUT2D eigenvalue weighted by Crippen LogP contribution is 2.45. The second-order valence-electron chi connectivity index (χ2n) is 11.2. The molecule has 41 heavy (non-hydrogen) atoms. The number of piperidine rings is 3. The van der Waals surface area contributed by atoms with E-state index in [0.29, 0.717) is 70.6 Å². The third-order valence-corrected chi connectivity index (χ3v) is 10.9. The van der Waals surface area contributed by atoms with Crippen molar-refractivity contribution in [1.82, 2.24) is 14.9 Å². The third-order valence-electron chi connectivity index (χ3n) is 8.35. The lowest BCUT2D eigenvalue weighted by atomic mass is 9.90. The van der Waals surface area contributed by atoms with E-state index in [1.165, 1.54) is 24.0 Å². The van der Waals surface area contributed by atoms with Gasteiger partial charge in [-0.25, -0.2) is 9.97 Å². The van der Waals surface area contributed by atoms with Crippen LogP contribution < -0.4 is 15.1 Å². The Balaban J connectivity index is 1.21. The summed E-state index contributed by atoms with van der Waals surface area (Å²) in [6, 6.07) is 4.96. The fourth-order valence-corrected chi connectivity index (χ4v) is 8.67. The highest BCUT2D eigenvalue weighted by atomic mass is 35.5. The van der Waals surface area contributed by atoms with Crippen molar-refractivity contribution < 1.29 is 14.7 Å². The first-order chi connectivity index (χ1) is 19.7. The van der Waals surface area contributed by atoms with Gasteiger partial charge in [-0.3, -0.25) is 19.8 Å². The predicted molar refractivity (Wildman–Crippen MR) is 166 cm³/mol. The van der Waals surface area contributed by atoms with Crippen LogP contribution in [0.1, 0.15) is 49.9 Å². The van der Waals surface area contributed by atoms with E-state index >= 15 is 0 Å². The van der Waals surface area contributed by atoms with E-state index in [0.717, 1.165) is 35.1 Å². The second-order valence-corrected chi connectivity index (χ2v) is 13.9. The van der Waals surface area contributed by atoms with E-state index in [1.54, 1.807) is 17.4 Å². The molecule has 4 fully saturated rings. The molecule has 2 unspecified atom stereocenters. The summed E-state index contributed by atoms with van der Waals surface area (Å²) in [5.41, 5.74) is 1.18. The average molecular weight is 636 g/mol. The van der Waals surface area contributed by atoms with Crippen LogP contribution in [-0.2, 0) is 4.79 Å². The average Bonchev–Trinajstić information content (AvgIpc) is 3.59. The van der Waals surface area contributed by atoms with E-state index in [4.69, 9.17) is 28.2 Å². The van der Waals surface area contributed by atoms with E-state index < -0.39 is 5.97 Å². The summed E-state index contributed by atoms with van der Waals surface area (Å²) in [6.45, 7) is 7.60. The number of nitrogens with one attached hydrogen (secondary N) is 1. The number of fused-ring (bicyclic) bond motifs is 3. The zero-order valence-corrected chi connectivity index (χ0v) is 26.0. The Morgan fingerprint density at radius 2 is 1.85 bits per heavy atom. The molecule has 7 heterocycles. The number of carbonyl (C=O) groups excluding carboxylic acids is 1. The van der Waals surface area contributed by atoms with Gasteiger partial charge in [-0.15, -0.1) is 11.3 Å². The third kappa shape index (κ3) is 5.79. The Kier molecular flexibility index (Phi) is 8.17. The molecule has 3 aromatic heterocycles. The molecular weight excluding hydrogens is 603 g/mol. The van der Waals surface area contributed by atoms with Crippen LogP contribution in [0.15, 0.2) is 23.7 Å². The molecule has 9 nitrogen and oxygen atoms in total. The van der Waals surface area contributed by atoms with Crippen molar-refractivity contribution >= 4 is 73.7 Å².